The van der Waals surface area contributed by atoms with Crippen molar-refractivity contribution in [2.24, 2.45) is 0 Å². The molecular weight excluding hydrogens is 367 g/mol. The maximum atomic E-state index is 13.7. The third-order valence-corrected chi connectivity index (χ3v) is 6.94. The van der Waals surface area contributed by atoms with E-state index in [0.717, 1.165) is 31.4 Å². The number of nitriles is 1. The van der Waals surface area contributed by atoms with Crippen LogP contribution in [0.3, 0.4) is 0 Å². The Hall–Kier alpha value is -2.24. The van der Waals surface area contributed by atoms with Gasteiger partial charge in [-0.3, -0.25) is 5.10 Å². The number of sulfonamides is 1. The predicted molar refractivity (Wildman–Crippen MR) is 101 cm³/mol. The standard InChI is InChI=1S/C19H23FN4O2S/c1-12(2)27(25,26)24-17-5-3-14(4-6-17)18-10-19(23-22-18)15-7-13(11-21)8-16(20)9-15/h7-10,12,14,17,24H,3-6H2,1-2H3,(H,22,23). The fourth-order valence-electron chi connectivity index (χ4n) is 3.39. The molecule has 27 heavy (non-hydrogen) atoms. The first kappa shape index (κ1) is 19.5. The topological polar surface area (TPSA) is 98.6 Å². The normalized spacial score (nSPS) is 20.6. The lowest BCUT2D eigenvalue weighted by Crippen LogP contribution is -2.40. The maximum absolute atomic E-state index is 13.7. The van der Waals surface area contributed by atoms with E-state index < -0.39 is 21.1 Å². The zero-order valence-electron chi connectivity index (χ0n) is 15.4. The molecule has 2 aromatic rings. The van der Waals surface area contributed by atoms with Crippen LogP contribution in [0.1, 0.15) is 56.7 Å². The number of benzene rings is 1. The van der Waals surface area contributed by atoms with Crippen molar-refractivity contribution in [1.82, 2.24) is 14.9 Å². The maximum Gasteiger partial charge on any atom is 0.214 e. The Morgan fingerprint density at radius 3 is 2.56 bits per heavy atom. The number of hydrogen-bond acceptors (Lipinski definition) is 4. The van der Waals surface area contributed by atoms with Gasteiger partial charge in [-0.25, -0.2) is 17.5 Å². The summed E-state index contributed by atoms with van der Waals surface area (Å²) in [5.74, 6) is -0.207. The minimum absolute atomic E-state index is 0.0301. The van der Waals surface area contributed by atoms with Gasteiger partial charge in [-0.1, -0.05) is 0 Å². The summed E-state index contributed by atoms with van der Waals surface area (Å²) in [6.07, 6.45) is 3.23. The van der Waals surface area contributed by atoms with Crippen molar-refractivity contribution in [1.29, 1.82) is 5.26 Å². The molecule has 2 N–H and O–H groups in total. The van der Waals surface area contributed by atoms with Crippen LogP contribution in [0.15, 0.2) is 24.3 Å². The lowest BCUT2D eigenvalue weighted by Gasteiger charge is -2.28. The first-order valence-electron chi connectivity index (χ1n) is 9.06. The van der Waals surface area contributed by atoms with Crippen molar-refractivity contribution in [2.75, 3.05) is 0 Å². The summed E-state index contributed by atoms with van der Waals surface area (Å²) in [4.78, 5) is 0. The summed E-state index contributed by atoms with van der Waals surface area (Å²) in [6.45, 7) is 3.34. The molecule has 6 nitrogen and oxygen atoms in total. The number of rotatable bonds is 5. The average molecular weight is 390 g/mol. The third kappa shape index (κ3) is 4.54. The molecule has 1 aliphatic carbocycles. The lowest BCUT2D eigenvalue weighted by atomic mass is 9.84. The van der Waals surface area contributed by atoms with E-state index >= 15 is 0 Å². The van der Waals surface area contributed by atoms with Crippen LogP contribution in [0.4, 0.5) is 4.39 Å². The van der Waals surface area contributed by atoms with Crippen LogP contribution in [-0.2, 0) is 10.0 Å². The van der Waals surface area contributed by atoms with Gasteiger partial charge in [-0.15, -0.1) is 0 Å². The Morgan fingerprint density at radius 2 is 1.93 bits per heavy atom. The molecule has 1 aliphatic rings. The first-order valence-corrected chi connectivity index (χ1v) is 10.6. The number of hydrogen-bond donors (Lipinski definition) is 2. The number of H-pyrrole nitrogens is 1. The van der Waals surface area contributed by atoms with Gasteiger partial charge in [0.15, 0.2) is 0 Å². The molecule has 1 aromatic carbocycles. The molecule has 0 bridgehead atoms. The van der Waals surface area contributed by atoms with Crippen molar-refractivity contribution in [3.63, 3.8) is 0 Å². The zero-order valence-corrected chi connectivity index (χ0v) is 16.2. The second kappa shape index (κ2) is 7.79. The molecule has 3 rings (SSSR count). The second-order valence-corrected chi connectivity index (χ2v) is 9.58. The van der Waals surface area contributed by atoms with Crippen molar-refractivity contribution in [3.8, 4) is 17.3 Å². The Labute approximate surface area is 158 Å². The van der Waals surface area contributed by atoms with Crippen molar-refractivity contribution in [3.05, 3.63) is 41.3 Å². The van der Waals surface area contributed by atoms with Crippen molar-refractivity contribution in [2.45, 2.75) is 56.7 Å². The Bertz CT molecular complexity index is 954. The number of nitrogens with zero attached hydrogens (tertiary/aromatic N) is 2. The van der Waals surface area contributed by atoms with E-state index in [0.29, 0.717) is 11.3 Å². The molecule has 0 atom stereocenters. The molecule has 0 amide bonds. The number of halogens is 1. The largest absolute Gasteiger partial charge is 0.282 e. The minimum atomic E-state index is -3.25. The summed E-state index contributed by atoms with van der Waals surface area (Å²) in [5, 5.41) is 15.8. The number of nitrogens with one attached hydrogen (secondary N) is 2. The number of aromatic nitrogens is 2. The molecule has 0 aliphatic heterocycles. The van der Waals surface area contributed by atoms with E-state index in [1.54, 1.807) is 19.9 Å². The zero-order chi connectivity index (χ0) is 19.6. The molecule has 1 fully saturated rings. The Kier molecular flexibility index (Phi) is 5.63. The van der Waals surface area contributed by atoms with Crippen LogP contribution in [-0.4, -0.2) is 29.9 Å². The fraction of sp³-hybridized carbons (Fsp3) is 0.474. The molecule has 144 valence electrons. The highest BCUT2D eigenvalue weighted by Gasteiger charge is 2.28. The fourth-order valence-corrected chi connectivity index (χ4v) is 4.36. The second-order valence-electron chi connectivity index (χ2n) is 7.31. The lowest BCUT2D eigenvalue weighted by molar-refractivity contribution is 0.369. The Morgan fingerprint density at radius 1 is 1.22 bits per heavy atom. The molecule has 1 saturated carbocycles. The van der Waals surface area contributed by atoms with Gasteiger partial charge >= 0.3 is 0 Å². The van der Waals surface area contributed by atoms with Crippen LogP contribution in [0, 0.1) is 17.1 Å². The average Bonchev–Trinajstić information content (AvgIpc) is 3.11. The van der Waals surface area contributed by atoms with E-state index in [1.807, 2.05) is 12.1 Å². The summed E-state index contributed by atoms with van der Waals surface area (Å²) in [5.41, 5.74) is 2.38. The smallest absolute Gasteiger partial charge is 0.214 e. The predicted octanol–water partition coefficient (Wildman–Crippen LogP) is 3.44. The van der Waals surface area contributed by atoms with Gasteiger partial charge < -0.3 is 0 Å². The number of aromatic amines is 1. The van der Waals surface area contributed by atoms with E-state index in [1.165, 1.54) is 12.1 Å². The van der Waals surface area contributed by atoms with Crippen molar-refractivity contribution >= 4 is 10.0 Å². The van der Waals surface area contributed by atoms with Crippen LogP contribution < -0.4 is 4.72 Å². The summed E-state index contributed by atoms with van der Waals surface area (Å²) >= 11 is 0. The van der Waals surface area contributed by atoms with Gasteiger partial charge in [0.2, 0.25) is 10.0 Å². The van der Waals surface area contributed by atoms with Gasteiger partial charge in [0.05, 0.1) is 22.6 Å². The summed E-state index contributed by atoms with van der Waals surface area (Å²) in [6, 6.07) is 7.97. The molecule has 1 heterocycles. The van der Waals surface area contributed by atoms with Crippen molar-refractivity contribution < 1.29 is 12.8 Å². The highest BCUT2D eigenvalue weighted by Crippen LogP contribution is 2.34. The molecule has 0 radical (unpaired) electrons. The van der Waals surface area contributed by atoms with Crippen LogP contribution in [0.2, 0.25) is 0 Å². The quantitative estimate of drug-likeness (QED) is 0.817. The first-order chi connectivity index (χ1) is 12.8. The van der Waals surface area contributed by atoms with Gasteiger partial charge in [-0.2, -0.15) is 10.4 Å². The van der Waals surface area contributed by atoms with Crippen LogP contribution in [0.25, 0.3) is 11.3 Å². The van der Waals surface area contributed by atoms with Gasteiger partial charge in [0.25, 0.3) is 0 Å². The van der Waals surface area contributed by atoms with E-state index in [4.69, 9.17) is 5.26 Å². The van der Waals surface area contributed by atoms with E-state index in [9.17, 15) is 12.8 Å². The van der Waals surface area contributed by atoms with Crippen LogP contribution >= 0.6 is 0 Å². The molecule has 0 spiro atoms. The van der Waals surface area contributed by atoms with Crippen LogP contribution in [0.5, 0.6) is 0 Å². The summed E-state index contributed by atoms with van der Waals surface area (Å²) in [7, 11) is -3.25. The van der Waals surface area contributed by atoms with E-state index in [2.05, 4.69) is 14.9 Å². The molecular formula is C19H23FN4O2S. The van der Waals surface area contributed by atoms with Gasteiger partial charge in [0.1, 0.15) is 5.82 Å². The molecule has 0 saturated heterocycles. The van der Waals surface area contributed by atoms with Gasteiger partial charge in [0, 0.05) is 23.2 Å². The SMILES string of the molecule is CC(C)S(=O)(=O)NC1CCC(c2cc(-c3cc(F)cc(C#N)c3)n[nH]2)CC1. The molecule has 1 aromatic heterocycles. The Balaban J connectivity index is 1.67. The highest BCUT2D eigenvalue weighted by atomic mass is 32.2. The van der Waals surface area contributed by atoms with E-state index in [-0.39, 0.29) is 17.5 Å². The monoisotopic (exact) mass is 390 g/mol. The minimum Gasteiger partial charge on any atom is -0.282 e. The summed E-state index contributed by atoms with van der Waals surface area (Å²) < 4.78 is 40.5. The molecule has 0 unspecified atom stereocenters. The highest BCUT2D eigenvalue weighted by molar-refractivity contribution is 7.90. The molecule has 8 heteroatoms. The van der Waals surface area contributed by atoms with Gasteiger partial charge in [-0.05, 0) is 63.8 Å². The third-order valence-electron chi connectivity index (χ3n) is 5.04.